The summed E-state index contributed by atoms with van der Waals surface area (Å²) >= 11 is 5.76. The molecule has 0 aliphatic carbocycles. The number of nitrogens with one attached hydrogen (secondary N) is 2. The number of aromatic amines is 1. The van der Waals surface area contributed by atoms with Crippen LogP contribution in [0.1, 0.15) is 10.5 Å². The van der Waals surface area contributed by atoms with Gasteiger partial charge in [-0.05, 0) is 36.4 Å². The summed E-state index contributed by atoms with van der Waals surface area (Å²) in [6, 6.07) is 12.1. The van der Waals surface area contributed by atoms with Crippen molar-refractivity contribution in [1.82, 2.24) is 4.98 Å². The van der Waals surface area contributed by atoms with Gasteiger partial charge in [0.1, 0.15) is 5.69 Å². The molecule has 6 nitrogen and oxygen atoms in total. The molecule has 0 radical (unpaired) electrons. The number of rotatable bonds is 4. The van der Waals surface area contributed by atoms with Crippen LogP contribution in [0.3, 0.4) is 0 Å². The SMILES string of the molecule is O=C(O)c1cc2cccc(NS(=O)(=O)c3ccc(Cl)cc3)c2[nH]1. The third kappa shape index (κ3) is 3.01. The minimum atomic E-state index is -3.81. The summed E-state index contributed by atoms with van der Waals surface area (Å²) in [6.45, 7) is 0. The first-order chi connectivity index (χ1) is 10.9. The van der Waals surface area contributed by atoms with Crippen LogP contribution in [0.25, 0.3) is 10.9 Å². The van der Waals surface area contributed by atoms with Gasteiger partial charge in [0.2, 0.25) is 0 Å². The smallest absolute Gasteiger partial charge is 0.352 e. The molecule has 0 saturated carbocycles. The predicted octanol–water partition coefficient (Wildman–Crippen LogP) is 3.32. The maximum absolute atomic E-state index is 12.4. The Morgan fingerprint density at radius 1 is 1.13 bits per heavy atom. The van der Waals surface area contributed by atoms with Crippen molar-refractivity contribution in [3.05, 3.63) is 59.2 Å². The molecule has 0 fully saturated rings. The van der Waals surface area contributed by atoms with Crippen molar-refractivity contribution in [3.8, 4) is 0 Å². The number of H-pyrrole nitrogens is 1. The van der Waals surface area contributed by atoms with Gasteiger partial charge in [0.15, 0.2) is 0 Å². The Balaban J connectivity index is 2.03. The van der Waals surface area contributed by atoms with E-state index in [4.69, 9.17) is 16.7 Å². The molecule has 3 rings (SSSR count). The Kier molecular flexibility index (Phi) is 3.75. The van der Waals surface area contributed by atoms with Crippen molar-refractivity contribution in [2.24, 2.45) is 0 Å². The minimum absolute atomic E-state index is 0.0156. The van der Waals surface area contributed by atoms with E-state index in [1.54, 1.807) is 18.2 Å². The van der Waals surface area contributed by atoms with Crippen molar-refractivity contribution >= 4 is 44.2 Å². The number of benzene rings is 2. The summed E-state index contributed by atoms with van der Waals surface area (Å²) in [4.78, 5) is 13.8. The molecule has 3 aromatic rings. The summed E-state index contributed by atoms with van der Waals surface area (Å²) < 4.78 is 27.3. The molecule has 3 N–H and O–H groups in total. The van der Waals surface area contributed by atoms with E-state index in [-0.39, 0.29) is 16.3 Å². The van der Waals surface area contributed by atoms with Crippen molar-refractivity contribution in [3.63, 3.8) is 0 Å². The van der Waals surface area contributed by atoms with Crippen LogP contribution < -0.4 is 4.72 Å². The van der Waals surface area contributed by atoms with Crippen molar-refractivity contribution in [2.75, 3.05) is 4.72 Å². The number of aromatic nitrogens is 1. The van der Waals surface area contributed by atoms with Crippen LogP contribution in [0.15, 0.2) is 53.4 Å². The topological polar surface area (TPSA) is 99.3 Å². The van der Waals surface area contributed by atoms with E-state index in [1.165, 1.54) is 30.3 Å². The van der Waals surface area contributed by atoms with Gasteiger partial charge in [-0.1, -0.05) is 23.7 Å². The Hall–Kier alpha value is -2.51. The van der Waals surface area contributed by atoms with Crippen LogP contribution in [0.4, 0.5) is 5.69 Å². The molecule has 118 valence electrons. The van der Waals surface area contributed by atoms with Gasteiger partial charge in [0.25, 0.3) is 10.0 Å². The Bertz CT molecular complexity index is 994. The zero-order chi connectivity index (χ0) is 16.6. The lowest BCUT2D eigenvalue weighted by atomic mass is 10.2. The normalized spacial score (nSPS) is 11.5. The van der Waals surface area contributed by atoms with E-state index in [0.29, 0.717) is 15.9 Å². The average molecular weight is 351 g/mol. The molecule has 8 heteroatoms. The molecule has 2 aromatic carbocycles. The molecule has 0 spiro atoms. The Labute approximate surface area is 136 Å². The molecule has 0 aliphatic rings. The van der Waals surface area contributed by atoms with Gasteiger partial charge >= 0.3 is 5.97 Å². The third-order valence-electron chi connectivity index (χ3n) is 3.25. The number of carboxylic acids is 1. The number of anilines is 1. The van der Waals surface area contributed by atoms with Gasteiger partial charge in [-0.3, -0.25) is 4.72 Å². The van der Waals surface area contributed by atoms with Gasteiger partial charge in [-0.2, -0.15) is 0 Å². The minimum Gasteiger partial charge on any atom is -0.477 e. The maximum atomic E-state index is 12.4. The molecular weight excluding hydrogens is 340 g/mol. The fourth-order valence-corrected chi connectivity index (χ4v) is 3.37. The number of fused-ring (bicyclic) bond motifs is 1. The maximum Gasteiger partial charge on any atom is 0.352 e. The van der Waals surface area contributed by atoms with E-state index in [1.807, 2.05) is 0 Å². The highest BCUT2D eigenvalue weighted by Gasteiger charge is 2.17. The standard InChI is InChI=1S/C15H11ClN2O4S/c16-10-4-6-11(7-5-10)23(21,22)18-12-3-1-2-9-8-13(15(19)20)17-14(9)12/h1-8,17-18H,(H,19,20). The number of hydrogen-bond donors (Lipinski definition) is 3. The molecular formula is C15H11ClN2O4S. The fourth-order valence-electron chi connectivity index (χ4n) is 2.17. The lowest BCUT2D eigenvalue weighted by Gasteiger charge is -2.09. The summed E-state index contributed by atoms with van der Waals surface area (Å²) in [5, 5.41) is 10.1. The van der Waals surface area contributed by atoms with Crippen LogP contribution in [-0.4, -0.2) is 24.5 Å². The van der Waals surface area contributed by atoms with Gasteiger partial charge in [-0.15, -0.1) is 0 Å². The first-order valence-corrected chi connectivity index (χ1v) is 8.36. The number of para-hydroxylation sites is 1. The average Bonchev–Trinajstić information content (AvgIpc) is 2.93. The van der Waals surface area contributed by atoms with E-state index < -0.39 is 16.0 Å². The lowest BCUT2D eigenvalue weighted by molar-refractivity contribution is 0.0691. The summed E-state index contributed by atoms with van der Waals surface area (Å²) in [5.74, 6) is -1.12. The third-order valence-corrected chi connectivity index (χ3v) is 4.89. The zero-order valence-corrected chi connectivity index (χ0v) is 13.1. The first-order valence-electron chi connectivity index (χ1n) is 6.50. The van der Waals surface area contributed by atoms with Crippen molar-refractivity contribution in [2.45, 2.75) is 4.90 Å². The van der Waals surface area contributed by atoms with Crippen LogP contribution in [0.2, 0.25) is 5.02 Å². The number of hydrogen-bond acceptors (Lipinski definition) is 3. The molecule has 0 amide bonds. The van der Waals surface area contributed by atoms with E-state index >= 15 is 0 Å². The second-order valence-corrected chi connectivity index (χ2v) is 6.94. The van der Waals surface area contributed by atoms with Crippen LogP contribution in [0, 0.1) is 0 Å². The summed E-state index contributed by atoms with van der Waals surface area (Å²) in [6.07, 6.45) is 0. The van der Waals surface area contributed by atoms with Crippen molar-refractivity contribution < 1.29 is 18.3 Å². The number of carbonyl (C=O) groups is 1. The number of sulfonamides is 1. The van der Waals surface area contributed by atoms with E-state index in [0.717, 1.165) is 0 Å². The molecule has 23 heavy (non-hydrogen) atoms. The van der Waals surface area contributed by atoms with E-state index in [9.17, 15) is 13.2 Å². The number of aromatic carboxylic acids is 1. The highest BCUT2D eigenvalue weighted by Crippen LogP contribution is 2.26. The summed E-state index contributed by atoms with van der Waals surface area (Å²) in [7, 11) is -3.81. The van der Waals surface area contributed by atoms with Gasteiger partial charge in [0, 0.05) is 10.4 Å². The number of halogens is 1. The van der Waals surface area contributed by atoms with Crippen LogP contribution in [0.5, 0.6) is 0 Å². The zero-order valence-electron chi connectivity index (χ0n) is 11.6. The molecule has 0 aliphatic heterocycles. The lowest BCUT2D eigenvalue weighted by Crippen LogP contribution is -2.13. The first kappa shape index (κ1) is 15.4. The van der Waals surface area contributed by atoms with Gasteiger partial charge < -0.3 is 10.1 Å². The molecule has 1 heterocycles. The largest absolute Gasteiger partial charge is 0.477 e. The highest BCUT2D eigenvalue weighted by molar-refractivity contribution is 7.92. The fraction of sp³-hybridized carbons (Fsp3) is 0. The molecule has 0 unspecified atom stereocenters. The van der Waals surface area contributed by atoms with E-state index in [2.05, 4.69) is 9.71 Å². The highest BCUT2D eigenvalue weighted by atomic mass is 35.5. The summed E-state index contributed by atoms with van der Waals surface area (Å²) in [5.41, 5.74) is 0.658. The second-order valence-electron chi connectivity index (χ2n) is 4.82. The van der Waals surface area contributed by atoms with Crippen LogP contribution >= 0.6 is 11.6 Å². The second kappa shape index (κ2) is 5.60. The van der Waals surface area contributed by atoms with Gasteiger partial charge in [-0.25, -0.2) is 13.2 Å². The Morgan fingerprint density at radius 3 is 2.48 bits per heavy atom. The Morgan fingerprint density at radius 2 is 1.83 bits per heavy atom. The molecule has 0 atom stereocenters. The van der Waals surface area contributed by atoms with Crippen LogP contribution in [-0.2, 0) is 10.0 Å². The monoisotopic (exact) mass is 350 g/mol. The predicted molar refractivity (Wildman–Crippen MR) is 87.5 cm³/mol. The molecule has 0 bridgehead atoms. The van der Waals surface area contributed by atoms with Gasteiger partial charge in [0.05, 0.1) is 16.1 Å². The molecule has 0 saturated heterocycles. The number of carboxylic acid groups (broad SMARTS) is 1. The van der Waals surface area contributed by atoms with Crippen molar-refractivity contribution in [1.29, 1.82) is 0 Å². The molecule has 1 aromatic heterocycles. The quantitative estimate of drug-likeness (QED) is 0.672.